The van der Waals surface area contributed by atoms with Crippen molar-refractivity contribution >= 4 is 46.4 Å². The minimum atomic E-state index is 0. The summed E-state index contributed by atoms with van der Waals surface area (Å²) in [5.41, 5.74) is 15.2. The number of hydrogen-bond donors (Lipinski definition) is 2. The van der Waals surface area contributed by atoms with E-state index in [1.165, 1.54) is 51.4 Å². The normalized spacial score (nSPS) is 12.1. The Labute approximate surface area is 557 Å². The van der Waals surface area contributed by atoms with E-state index in [1.807, 2.05) is 0 Å². The first-order valence-corrected chi connectivity index (χ1v) is 32.5. The molecule has 0 atom stereocenters. The van der Waals surface area contributed by atoms with Crippen molar-refractivity contribution in [2.24, 2.45) is 0 Å². The van der Waals surface area contributed by atoms with Crippen LogP contribution in [0.4, 0.5) is 0 Å². The summed E-state index contributed by atoms with van der Waals surface area (Å²) in [6, 6.07) is 42.9. The highest BCUT2D eigenvalue weighted by molar-refractivity contribution is 6.00. The van der Waals surface area contributed by atoms with E-state index in [9.17, 15) is 0 Å². The number of H-pyrrole nitrogens is 2. The highest BCUT2D eigenvalue weighted by Crippen LogP contribution is 2.40. The van der Waals surface area contributed by atoms with E-state index in [0.717, 1.165) is 190 Å². The molecule has 0 spiro atoms. The first-order chi connectivity index (χ1) is 42.0. The van der Waals surface area contributed by atoms with E-state index in [1.54, 1.807) is 0 Å². The van der Waals surface area contributed by atoms with Crippen LogP contribution in [0.1, 0.15) is 126 Å². The molecule has 3 aromatic heterocycles. The number of aromatic nitrogens is 4. The van der Waals surface area contributed by atoms with Crippen molar-refractivity contribution in [3.63, 3.8) is 0 Å². The van der Waals surface area contributed by atoms with Crippen molar-refractivity contribution in [1.29, 1.82) is 0 Å². The van der Waals surface area contributed by atoms with Crippen LogP contribution in [-0.4, -0.2) is 143 Å². The standard InChI is InChI=1S/C76H100N7O4.3ClH/c1-11-12-13-14-15-22-53-84-61-34-26-57(27-35-61)73-65-42-44-67(77-65)74(58-28-36-62(37-29-58)85-54-23-16-19-50-81(2,3)4)69-46-48-71(79-69)76(60-32-40-64(41-33-60)87-56-25-18-21-52-83(8,9)10)72-49-47-70(80-72)75(68-45-43-66(73)78-68)59-30-38-63(39-31-59)86-55-24-17-20-51-82(5,6)7;;;/h26-49,77,80H,11-25,50-56H2,1-10H3;3*1H/q+3;;;/p-3. The van der Waals surface area contributed by atoms with Gasteiger partial charge in [0.1, 0.15) is 23.0 Å². The number of ether oxygens (including phenoxy) is 4. The molecule has 90 heavy (non-hydrogen) atoms. The number of hydrogen-bond acceptors (Lipinski definition) is 6. The van der Waals surface area contributed by atoms with E-state index in [0.29, 0.717) is 26.4 Å². The molecule has 9 rings (SSSR count). The molecule has 0 unspecified atom stereocenters. The number of fused-ring (bicyclic) bond motifs is 8. The molecular formula is C76H100Cl3N7O4. The van der Waals surface area contributed by atoms with Gasteiger partial charge in [-0.2, -0.15) is 0 Å². The van der Waals surface area contributed by atoms with E-state index < -0.39 is 0 Å². The molecule has 0 amide bonds. The molecule has 4 aromatic carbocycles. The topological polar surface area (TPSA) is 94.3 Å². The SMILES string of the molecule is CCCCCCCCOc1ccc(-c2c3nc(c(-c4ccc(OCCCCC[N+](C)(C)C)cc4)c4ccc([nH]4)c(-c4ccc(OCCCCC[N+](C)(C)C)cc4)c4nc(c(-c5ccc(OCCCCC[N+](C)(C)C)cc5)c5ccc2[nH]5)C=C4)C=C3)cc1.[Cl-].[Cl-].[Cl-]. The van der Waals surface area contributed by atoms with Gasteiger partial charge in [0, 0.05) is 44.3 Å². The zero-order valence-electron chi connectivity index (χ0n) is 55.4. The Kier molecular flexibility index (Phi) is 28.0. The molecule has 2 aliphatic rings. The molecule has 8 bridgehead atoms. The zero-order chi connectivity index (χ0) is 61.2. The number of quaternary nitrogens is 3. The predicted octanol–water partition coefficient (Wildman–Crippen LogP) is 8.84. The average Bonchev–Trinajstić information content (AvgIpc) is 1.64. The number of nitrogens with one attached hydrogen (secondary N) is 2. The lowest BCUT2D eigenvalue weighted by molar-refractivity contribution is -0.870. The second-order valence-corrected chi connectivity index (χ2v) is 27.0. The number of benzene rings is 4. The van der Waals surface area contributed by atoms with Gasteiger partial charge < -0.3 is 79.6 Å². The third-order valence-electron chi connectivity index (χ3n) is 16.3. The summed E-state index contributed by atoms with van der Waals surface area (Å²) in [5, 5.41) is 0. The van der Waals surface area contributed by atoms with Crippen LogP contribution < -0.4 is 56.2 Å². The second kappa shape index (κ2) is 34.7. The maximum Gasteiger partial charge on any atom is 0.119 e. The summed E-state index contributed by atoms with van der Waals surface area (Å²) in [6.45, 7) is 8.49. The Hall–Kier alpha value is -6.57. The molecule has 7 aromatic rings. The molecule has 0 fully saturated rings. The third kappa shape index (κ3) is 21.5. The van der Waals surface area contributed by atoms with Crippen LogP contribution in [0.3, 0.4) is 0 Å². The molecule has 0 saturated heterocycles. The van der Waals surface area contributed by atoms with Crippen LogP contribution in [0.5, 0.6) is 23.0 Å². The molecule has 11 nitrogen and oxygen atoms in total. The van der Waals surface area contributed by atoms with Crippen molar-refractivity contribution < 1.29 is 69.6 Å². The van der Waals surface area contributed by atoms with Crippen LogP contribution in [-0.2, 0) is 0 Å². The molecule has 2 aliphatic heterocycles. The Balaban J connectivity index is 0.00000430. The van der Waals surface area contributed by atoms with Crippen molar-refractivity contribution in [2.75, 3.05) is 109 Å². The zero-order valence-corrected chi connectivity index (χ0v) is 57.7. The Morgan fingerprint density at radius 2 is 0.511 bits per heavy atom. The Morgan fingerprint density at radius 1 is 0.289 bits per heavy atom. The van der Waals surface area contributed by atoms with Crippen molar-refractivity contribution in [3.8, 4) is 67.5 Å². The minimum Gasteiger partial charge on any atom is -1.00 e. The summed E-state index contributed by atoms with van der Waals surface area (Å²) in [7, 11) is 20.3. The first kappa shape index (κ1) is 72.5. The second-order valence-electron chi connectivity index (χ2n) is 27.0. The van der Waals surface area contributed by atoms with Gasteiger partial charge in [-0.3, -0.25) is 0 Å². The smallest absolute Gasteiger partial charge is 0.119 e. The van der Waals surface area contributed by atoms with Gasteiger partial charge in [-0.25, -0.2) is 9.97 Å². The van der Waals surface area contributed by atoms with Crippen LogP contribution in [0.25, 0.3) is 90.9 Å². The molecular weight excluding hydrogens is 1180 g/mol. The molecule has 0 radical (unpaired) electrons. The summed E-state index contributed by atoms with van der Waals surface area (Å²) in [5.74, 6) is 3.45. The van der Waals surface area contributed by atoms with Gasteiger partial charge in [-0.15, -0.1) is 0 Å². The van der Waals surface area contributed by atoms with E-state index in [4.69, 9.17) is 28.9 Å². The maximum absolute atomic E-state index is 6.35. The molecule has 5 heterocycles. The first-order valence-electron chi connectivity index (χ1n) is 32.5. The summed E-state index contributed by atoms with van der Waals surface area (Å²) in [4.78, 5) is 19.1. The fourth-order valence-electron chi connectivity index (χ4n) is 11.5. The van der Waals surface area contributed by atoms with Gasteiger partial charge in [0.25, 0.3) is 0 Å². The number of nitrogens with zero attached hydrogens (tertiary/aromatic N) is 5. The fourth-order valence-corrected chi connectivity index (χ4v) is 11.5. The predicted molar refractivity (Wildman–Crippen MR) is 366 cm³/mol. The van der Waals surface area contributed by atoms with Gasteiger partial charge in [-0.05, 0) is 184 Å². The van der Waals surface area contributed by atoms with Crippen molar-refractivity contribution in [1.82, 2.24) is 19.9 Å². The molecule has 0 saturated carbocycles. The number of aromatic amines is 2. The van der Waals surface area contributed by atoms with Gasteiger partial charge >= 0.3 is 0 Å². The van der Waals surface area contributed by atoms with Crippen LogP contribution in [0, 0.1) is 0 Å². The average molecular weight is 1280 g/mol. The van der Waals surface area contributed by atoms with E-state index in [-0.39, 0.29) is 37.2 Å². The maximum atomic E-state index is 6.35. The molecule has 484 valence electrons. The fraction of sp³-hybridized carbons (Fsp3) is 0.421. The molecule has 14 heteroatoms. The van der Waals surface area contributed by atoms with Gasteiger partial charge in [0.05, 0.1) is 132 Å². The largest absolute Gasteiger partial charge is 1.00 e. The van der Waals surface area contributed by atoms with Gasteiger partial charge in [0.2, 0.25) is 0 Å². The quantitative estimate of drug-likeness (QED) is 0.0316. The summed E-state index contributed by atoms with van der Waals surface area (Å²) < 4.78 is 28.3. The Bertz CT molecular complexity index is 3490. The number of unbranched alkanes of at least 4 members (excludes halogenated alkanes) is 11. The lowest BCUT2D eigenvalue weighted by Gasteiger charge is -2.23. The van der Waals surface area contributed by atoms with Crippen LogP contribution >= 0.6 is 0 Å². The lowest BCUT2D eigenvalue weighted by atomic mass is 10.0. The van der Waals surface area contributed by atoms with Gasteiger partial charge in [-0.1, -0.05) is 87.6 Å². The lowest BCUT2D eigenvalue weighted by Crippen LogP contribution is -3.00. The van der Waals surface area contributed by atoms with Crippen LogP contribution in [0.15, 0.2) is 121 Å². The minimum absolute atomic E-state index is 0. The third-order valence-corrected chi connectivity index (χ3v) is 16.3. The summed E-state index contributed by atoms with van der Waals surface area (Å²) in [6.07, 6.45) is 26.0. The Morgan fingerprint density at radius 3 is 0.744 bits per heavy atom. The monoisotopic (exact) mass is 1280 g/mol. The van der Waals surface area contributed by atoms with Crippen molar-refractivity contribution in [2.45, 2.75) is 103 Å². The van der Waals surface area contributed by atoms with Gasteiger partial charge in [0.15, 0.2) is 0 Å². The highest BCUT2D eigenvalue weighted by Gasteiger charge is 2.20. The summed E-state index contributed by atoms with van der Waals surface area (Å²) >= 11 is 0. The molecule has 2 N–H and O–H groups in total. The van der Waals surface area contributed by atoms with E-state index >= 15 is 0 Å². The van der Waals surface area contributed by atoms with E-state index in [2.05, 4.69) is 226 Å². The molecule has 0 aliphatic carbocycles. The number of halogens is 3. The number of rotatable bonds is 33. The van der Waals surface area contributed by atoms with Crippen LogP contribution in [0.2, 0.25) is 0 Å². The van der Waals surface area contributed by atoms with Crippen molar-refractivity contribution in [3.05, 3.63) is 144 Å². The highest BCUT2D eigenvalue weighted by atomic mass is 35.5.